The highest BCUT2D eigenvalue weighted by molar-refractivity contribution is 7.99. The Morgan fingerprint density at radius 3 is 3.06 bits per heavy atom. The van der Waals surface area contributed by atoms with Crippen molar-refractivity contribution in [3.05, 3.63) is 0 Å². The third-order valence-corrected chi connectivity index (χ3v) is 3.52. The lowest BCUT2D eigenvalue weighted by molar-refractivity contribution is 0.0920. The molecule has 0 aliphatic heterocycles. The van der Waals surface area contributed by atoms with Crippen LogP contribution >= 0.6 is 11.8 Å². The fraction of sp³-hybridized carbons (Fsp3) is 0.909. The molecule has 0 bridgehead atoms. The Hall–Kier alpha value is -0.660. The van der Waals surface area contributed by atoms with Crippen LogP contribution in [-0.2, 0) is 11.3 Å². The topological polar surface area (TPSA) is 64.9 Å². The molecular formula is C11H21N5OS. The second kappa shape index (κ2) is 7.06. The lowest BCUT2D eigenvalue weighted by Gasteiger charge is -2.07. The van der Waals surface area contributed by atoms with Gasteiger partial charge < -0.3 is 10.1 Å². The molecule has 1 aliphatic rings. The molecule has 0 saturated heterocycles. The fourth-order valence-corrected chi connectivity index (χ4v) is 2.25. The molecule has 0 spiro atoms. The summed E-state index contributed by atoms with van der Waals surface area (Å²) in [6.45, 7) is 6.58. The average Bonchev–Trinajstić information content (AvgIpc) is 3.04. The Balaban J connectivity index is 1.65. The fourth-order valence-electron chi connectivity index (χ4n) is 1.52. The van der Waals surface area contributed by atoms with Gasteiger partial charge in [0.1, 0.15) is 0 Å². The zero-order chi connectivity index (χ0) is 12.8. The van der Waals surface area contributed by atoms with Crippen molar-refractivity contribution in [3.8, 4) is 0 Å². The van der Waals surface area contributed by atoms with Gasteiger partial charge in [-0.05, 0) is 37.1 Å². The Morgan fingerprint density at radius 2 is 2.33 bits per heavy atom. The number of thioether (sulfide) groups is 1. The first-order valence-electron chi connectivity index (χ1n) is 6.49. The van der Waals surface area contributed by atoms with Crippen molar-refractivity contribution in [1.29, 1.82) is 0 Å². The van der Waals surface area contributed by atoms with E-state index in [-0.39, 0.29) is 6.10 Å². The summed E-state index contributed by atoms with van der Waals surface area (Å²) in [5.74, 6) is 0.884. The van der Waals surface area contributed by atoms with Crippen LogP contribution in [0.4, 0.5) is 0 Å². The molecule has 6 nitrogen and oxygen atoms in total. The van der Waals surface area contributed by atoms with Crippen molar-refractivity contribution in [2.45, 2.75) is 50.5 Å². The summed E-state index contributed by atoms with van der Waals surface area (Å²) in [5, 5.41) is 16.1. The van der Waals surface area contributed by atoms with Gasteiger partial charge in [-0.15, -0.1) is 5.10 Å². The first-order valence-corrected chi connectivity index (χ1v) is 7.48. The quantitative estimate of drug-likeness (QED) is 0.533. The molecule has 1 aromatic heterocycles. The summed E-state index contributed by atoms with van der Waals surface area (Å²) in [6.07, 6.45) is 2.90. The van der Waals surface area contributed by atoms with Gasteiger partial charge in [-0.3, -0.25) is 0 Å². The van der Waals surface area contributed by atoms with Gasteiger partial charge in [-0.2, -0.15) is 0 Å². The number of hydrogen-bond acceptors (Lipinski definition) is 6. The molecule has 0 amide bonds. The van der Waals surface area contributed by atoms with Gasteiger partial charge in [-0.25, -0.2) is 4.68 Å². The minimum atomic E-state index is 0.282. The Kier molecular flexibility index (Phi) is 5.40. The van der Waals surface area contributed by atoms with Crippen LogP contribution in [0.2, 0.25) is 0 Å². The van der Waals surface area contributed by atoms with E-state index in [4.69, 9.17) is 4.74 Å². The first-order chi connectivity index (χ1) is 8.75. The van der Waals surface area contributed by atoms with E-state index in [0.29, 0.717) is 0 Å². The maximum atomic E-state index is 5.49. The van der Waals surface area contributed by atoms with E-state index in [9.17, 15) is 0 Å². The van der Waals surface area contributed by atoms with Crippen LogP contribution in [0, 0.1) is 0 Å². The standard InChI is InChI=1S/C11H21N5OS/c1-9(2)17-7-8-18-11-13-14-15-16(11)6-5-12-10-3-4-10/h9-10,12H,3-8H2,1-2H3. The van der Waals surface area contributed by atoms with Crippen molar-refractivity contribution in [2.24, 2.45) is 0 Å². The number of rotatable bonds is 9. The Labute approximate surface area is 112 Å². The molecule has 1 heterocycles. The first kappa shape index (κ1) is 13.8. The van der Waals surface area contributed by atoms with E-state index in [1.807, 2.05) is 18.5 Å². The molecule has 7 heteroatoms. The van der Waals surface area contributed by atoms with Crippen molar-refractivity contribution < 1.29 is 4.74 Å². The van der Waals surface area contributed by atoms with Gasteiger partial charge in [0.15, 0.2) is 0 Å². The number of ether oxygens (including phenoxy) is 1. The smallest absolute Gasteiger partial charge is 0.209 e. The van der Waals surface area contributed by atoms with E-state index in [1.165, 1.54) is 12.8 Å². The van der Waals surface area contributed by atoms with E-state index in [0.717, 1.165) is 36.6 Å². The second-order valence-corrected chi connectivity index (χ2v) is 5.74. The number of hydrogen-bond donors (Lipinski definition) is 1. The van der Waals surface area contributed by atoms with Crippen molar-refractivity contribution in [3.63, 3.8) is 0 Å². The van der Waals surface area contributed by atoms with E-state index in [1.54, 1.807) is 11.8 Å². The third kappa shape index (κ3) is 4.91. The third-order valence-electron chi connectivity index (χ3n) is 2.60. The predicted octanol–water partition coefficient (Wildman–Crippen LogP) is 0.942. The summed E-state index contributed by atoms with van der Waals surface area (Å²) in [6, 6.07) is 0.733. The number of tetrazole rings is 1. The zero-order valence-electron chi connectivity index (χ0n) is 11.0. The largest absolute Gasteiger partial charge is 0.378 e. The van der Waals surface area contributed by atoms with Crippen LogP contribution < -0.4 is 5.32 Å². The van der Waals surface area contributed by atoms with Crippen molar-refractivity contribution in [1.82, 2.24) is 25.5 Å². The maximum Gasteiger partial charge on any atom is 0.209 e. The van der Waals surface area contributed by atoms with Crippen LogP contribution in [0.25, 0.3) is 0 Å². The molecular weight excluding hydrogens is 250 g/mol. The number of aromatic nitrogens is 4. The molecule has 0 aromatic carbocycles. The summed E-state index contributed by atoms with van der Waals surface area (Å²) in [5.41, 5.74) is 0. The lowest BCUT2D eigenvalue weighted by Crippen LogP contribution is -2.22. The molecule has 2 rings (SSSR count). The molecule has 1 saturated carbocycles. The lowest BCUT2D eigenvalue weighted by atomic mass is 10.5. The van der Waals surface area contributed by atoms with Gasteiger partial charge in [0, 0.05) is 18.3 Å². The van der Waals surface area contributed by atoms with Gasteiger partial charge >= 0.3 is 0 Å². The summed E-state index contributed by atoms with van der Waals surface area (Å²) < 4.78 is 7.35. The van der Waals surface area contributed by atoms with E-state index >= 15 is 0 Å². The molecule has 1 aromatic rings. The number of nitrogens with zero attached hydrogens (tertiary/aromatic N) is 4. The SMILES string of the molecule is CC(C)OCCSc1nnnn1CCNC1CC1. The van der Waals surface area contributed by atoms with Gasteiger partial charge in [0.05, 0.1) is 19.3 Å². The van der Waals surface area contributed by atoms with E-state index < -0.39 is 0 Å². The van der Waals surface area contributed by atoms with Crippen molar-refractivity contribution in [2.75, 3.05) is 18.9 Å². The van der Waals surface area contributed by atoms with Crippen LogP contribution in [0.3, 0.4) is 0 Å². The highest BCUT2D eigenvalue weighted by atomic mass is 32.2. The van der Waals surface area contributed by atoms with Gasteiger partial charge in [0.25, 0.3) is 0 Å². The predicted molar refractivity (Wildman–Crippen MR) is 70.7 cm³/mol. The molecule has 18 heavy (non-hydrogen) atoms. The molecule has 1 aliphatic carbocycles. The molecule has 1 fully saturated rings. The summed E-state index contributed by atoms with van der Waals surface area (Å²) in [4.78, 5) is 0. The zero-order valence-corrected chi connectivity index (χ0v) is 11.8. The van der Waals surface area contributed by atoms with Gasteiger partial charge in [-0.1, -0.05) is 11.8 Å². The van der Waals surface area contributed by atoms with Crippen LogP contribution in [0.5, 0.6) is 0 Å². The normalized spacial score (nSPS) is 15.5. The van der Waals surface area contributed by atoms with Crippen LogP contribution in [0.15, 0.2) is 5.16 Å². The molecule has 102 valence electrons. The maximum absolute atomic E-state index is 5.49. The molecule has 0 atom stereocenters. The van der Waals surface area contributed by atoms with Crippen LogP contribution in [-0.4, -0.2) is 51.3 Å². The van der Waals surface area contributed by atoms with Crippen molar-refractivity contribution >= 4 is 11.8 Å². The summed E-state index contributed by atoms with van der Waals surface area (Å²) in [7, 11) is 0. The summed E-state index contributed by atoms with van der Waals surface area (Å²) >= 11 is 1.64. The van der Waals surface area contributed by atoms with Crippen LogP contribution in [0.1, 0.15) is 26.7 Å². The molecule has 1 N–H and O–H groups in total. The Bertz CT molecular complexity index is 353. The highest BCUT2D eigenvalue weighted by Gasteiger charge is 2.19. The monoisotopic (exact) mass is 271 g/mol. The minimum Gasteiger partial charge on any atom is -0.378 e. The average molecular weight is 271 g/mol. The molecule has 0 radical (unpaired) electrons. The van der Waals surface area contributed by atoms with Gasteiger partial charge in [0.2, 0.25) is 5.16 Å². The van der Waals surface area contributed by atoms with E-state index in [2.05, 4.69) is 20.8 Å². The minimum absolute atomic E-state index is 0.282. The highest BCUT2D eigenvalue weighted by Crippen LogP contribution is 2.18. The Morgan fingerprint density at radius 1 is 1.50 bits per heavy atom. The second-order valence-electron chi connectivity index (χ2n) is 4.68. The molecule has 0 unspecified atom stereocenters. The number of nitrogens with one attached hydrogen (secondary N) is 1.